The third-order valence-corrected chi connectivity index (χ3v) is 6.48. The maximum absolute atomic E-state index is 13.7. The molecule has 34 heavy (non-hydrogen) atoms. The van der Waals surface area contributed by atoms with Crippen LogP contribution >= 0.6 is 11.6 Å². The van der Waals surface area contributed by atoms with Gasteiger partial charge >= 0.3 is 0 Å². The first-order chi connectivity index (χ1) is 16.4. The lowest BCUT2D eigenvalue weighted by Crippen LogP contribution is -2.37. The number of carbonyl (C=O) groups excluding carboxylic acids is 1. The molecule has 2 aromatic carbocycles. The number of nitrogens with zero attached hydrogens (tertiary/aromatic N) is 4. The summed E-state index contributed by atoms with van der Waals surface area (Å²) in [7, 11) is 4.04. The summed E-state index contributed by atoms with van der Waals surface area (Å²) >= 11 is 6.43. The van der Waals surface area contributed by atoms with Crippen LogP contribution in [0.5, 0.6) is 0 Å². The van der Waals surface area contributed by atoms with Crippen LogP contribution in [0.4, 0.5) is 5.82 Å². The molecule has 4 rings (SSSR count). The van der Waals surface area contributed by atoms with Gasteiger partial charge in [-0.05, 0) is 43.0 Å². The third-order valence-electron chi connectivity index (χ3n) is 6.15. The van der Waals surface area contributed by atoms with Crippen molar-refractivity contribution in [3.8, 4) is 5.69 Å². The molecule has 1 aromatic heterocycles. The summed E-state index contributed by atoms with van der Waals surface area (Å²) in [6, 6.07) is 17.4. The summed E-state index contributed by atoms with van der Waals surface area (Å²) in [5.41, 5.74) is 3.52. The zero-order chi connectivity index (χ0) is 24.2. The molecule has 1 fully saturated rings. The van der Waals surface area contributed by atoms with Crippen molar-refractivity contribution in [1.29, 1.82) is 0 Å². The lowest BCUT2D eigenvalue weighted by molar-refractivity contribution is 0.0507. The largest absolute Gasteiger partial charge is 0.376 e. The maximum atomic E-state index is 13.7. The second-order valence-corrected chi connectivity index (χ2v) is 9.69. The molecule has 1 aliphatic rings. The van der Waals surface area contributed by atoms with Crippen LogP contribution in [0, 0.1) is 0 Å². The Bertz CT molecular complexity index is 1120. The van der Waals surface area contributed by atoms with Gasteiger partial charge in [0, 0.05) is 32.8 Å². The third kappa shape index (κ3) is 5.13. The first kappa shape index (κ1) is 24.3. The van der Waals surface area contributed by atoms with E-state index in [2.05, 4.69) is 18.7 Å². The van der Waals surface area contributed by atoms with Crippen molar-refractivity contribution < 1.29 is 9.53 Å². The highest BCUT2D eigenvalue weighted by Gasteiger charge is 2.29. The molecule has 180 valence electrons. The van der Waals surface area contributed by atoms with Crippen LogP contribution in [0.1, 0.15) is 54.2 Å². The van der Waals surface area contributed by atoms with Crippen LogP contribution in [0.15, 0.2) is 54.6 Å². The first-order valence-corrected chi connectivity index (χ1v) is 12.2. The van der Waals surface area contributed by atoms with Gasteiger partial charge in [0.25, 0.3) is 5.91 Å². The number of rotatable bonds is 8. The normalized spacial score (nSPS) is 15.6. The molecule has 1 atom stereocenters. The minimum atomic E-state index is -0.0898. The number of halogens is 1. The quantitative estimate of drug-likeness (QED) is 0.425. The van der Waals surface area contributed by atoms with E-state index >= 15 is 0 Å². The van der Waals surface area contributed by atoms with Gasteiger partial charge in [-0.3, -0.25) is 4.79 Å². The molecule has 2 heterocycles. The van der Waals surface area contributed by atoms with Crippen molar-refractivity contribution >= 4 is 23.3 Å². The van der Waals surface area contributed by atoms with E-state index in [1.807, 2.05) is 66.1 Å². The summed E-state index contributed by atoms with van der Waals surface area (Å²) in [4.78, 5) is 17.7. The second kappa shape index (κ2) is 10.6. The minimum absolute atomic E-state index is 0.0286. The predicted octanol–water partition coefficient (Wildman–Crippen LogP) is 5.54. The molecule has 0 aliphatic carbocycles. The number of amides is 1. The summed E-state index contributed by atoms with van der Waals surface area (Å²) in [6.45, 7) is 5.97. The lowest BCUT2D eigenvalue weighted by Gasteiger charge is -2.28. The van der Waals surface area contributed by atoms with Gasteiger partial charge in [0.15, 0.2) is 0 Å². The van der Waals surface area contributed by atoms with Crippen LogP contribution < -0.4 is 4.90 Å². The predicted molar refractivity (Wildman–Crippen MR) is 137 cm³/mol. The Labute approximate surface area is 207 Å². The second-order valence-electron chi connectivity index (χ2n) is 9.28. The molecule has 0 saturated carbocycles. The molecule has 0 spiro atoms. The molecule has 1 unspecified atom stereocenters. The smallest absolute Gasteiger partial charge is 0.255 e. The highest BCUT2D eigenvalue weighted by atomic mass is 35.5. The standard InChI is InChI=1S/C27H33ClN4O2/c1-19(2)25-23(26(30(3)4)32(29-25)20-11-6-5-7-12-20)18-31(17-21-13-10-16-34-21)27(33)22-14-8-9-15-24(22)28/h5-9,11-12,14-15,19,21H,10,13,16-18H2,1-4H3. The van der Waals surface area contributed by atoms with Gasteiger partial charge in [-0.2, -0.15) is 5.10 Å². The zero-order valence-corrected chi connectivity index (χ0v) is 21.1. The van der Waals surface area contributed by atoms with Gasteiger partial charge in [0.05, 0.1) is 34.6 Å². The highest BCUT2D eigenvalue weighted by Crippen LogP contribution is 2.32. The minimum Gasteiger partial charge on any atom is -0.376 e. The molecule has 0 bridgehead atoms. The van der Waals surface area contributed by atoms with E-state index in [1.165, 1.54) is 0 Å². The first-order valence-electron chi connectivity index (χ1n) is 11.9. The Morgan fingerprint density at radius 2 is 1.85 bits per heavy atom. The molecular weight excluding hydrogens is 448 g/mol. The van der Waals surface area contributed by atoms with Gasteiger partial charge in [0.1, 0.15) is 5.82 Å². The fourth-order valence-electron chi connectivity index (χ4n) is 4.53. The summed E-state index contributed by atoms with van der Waals surface area (Å²) in [5, 5.41) is 5.48. The SMILES string of the molecule is CC(C)c1nn(-c2ccccc2)c(N(C)C)c1CN(CC1CCCO1)C(=O)c1ccccc1Cl. The van der Waals surface area contributed by atoms with Gasteiger partial charge in [-0.1, -0.05) is 55.8 Å². The van der Waals surface area contributed by atoms with Crippen LogP contribution in [0.3, 0.4) is 0 Å². The monoisotopic (exact) mass is 480 g/mol. The van der Waals surface area contributed by atoms with Crippen molar-refractivity contribution in [2.75, 3.05) is 32.1 Å². The van der Waals surface area contributed by atoms with Gasteiger partial charge in [-0.15, -0.1) is 0 Å². The Balaban J connectivity index is 1.79. The molecule has 1 aliphatic heterocycles. The summed E-state index contributed by atoms with van der Waals surface area (Å²) in [5.74, 6) is 1.07. The topological polar surface area (TPSA) is 50.6 Å². The molecule has 1 saturated heterocycles. The maximum Gasteiger partial charge on any atom is 0.255 e. The van der Waals surface area contributed by atoms with E-state index in [-0.39, 0.29) is 17.9 Å². The van der Waals surface area contributed by atoms with E-state index in [1.54, 1.807) is 12.1 Å². The van der Waals surface area contributed by atoms with E-state index in [9.17, 15) is 4.79 Å². The Hall–Kier alpha value is -2.83. The van der Waals surface area contributed by atoms with Crippen molar-refractivity contribution in [1.82, 2.24) is 14.7 Å². The van der Waals surface area contributed by atoms with Crippen LogP contribution in [0.2, 0.25) is 5.02 Å². The van der Waals surface area contributed by atoms with E-state index in [0.717, 1.165) is 42.2 Å². The number of aromatic nitrogens is 2. The van der Waals surface area contributed by atoms with E-state index < -0.39 is 0 Å². The molecule has 0 N–H and O–H groups in total. The van der Waals surface area contributed by atoms with Crippen molar-refractivity contribution in [2.24, 2.45) is 0 Å². The number of benzene rings is 2. The fraction of sp³-hybridized carbons (Fsp3) is 0.407. The number of hydrogen-bond acceptors (Lipinski definition) is 4. The Morgan fingerprint density at radius 1 is 1.15 bits per heavy atom. The Morgan fingerprint density at radius 3 is 2.47 bits per heavy atom. The number of anilines is 1. The highest BCUT2D eigenvalue weighted by molar-refractivity contribution is 6.33. The average molecular weight is 481 g/mol. The average Bonchev–Trinajstić information content (AvgIpc) is 3.47. The molecule has 1 amide bonds. The van der Waals surface area contributed by atoms with Crippen LogP contribution in [-0.4, -0.2) is 53.9 Å². The van der Waals surface area contributed by atoms with Crippen molar-refractivity contribution in [2.45, 2.75) is 45.3 Å². The number of hydrogen-bond donors (Lipinski definition) is 0. The van der Waals surface area contributed by atoms with Crippen LogP contribution in [0.25, 0.3) is 5.69 Å². The van der Waals surface area contributed by atoms with Gasteiger partial charge < -0.3 is 14.5 Å². The number of ether oxygens (including phenoxy) is 1. The van der Waals surface area contributed by atoms with E-state index in [4.69, 9.17) is 21.4 Å². The van der Waals surface area contributed by atoms with Crippen molar-refractivity contribution in [3.63, 3.8) is 0 Å². The van der Waals surface area contributed by atoms with Crippen LogP contribution in [-0.2, 0) is 11.3 Å². The van der Waals surface area contributed by atoms with Gasteiger partial charge in [0.2, 0.25) is 0 Å². The zero-order valence-electron chi connectivity index (χ0n) is 20.4. The Kier molecular flexibility index (Phi) is 7.59. The number of para-hydroxylation sites is 1. The summed E-state index contributed by atoms with van der Waals surface area (Å²) in [6.07, 6.45) is 2.00. The molecule has 0 radical (unpaired) electrons. The molecular formula is C27H33ClN4O2. The summed E-state index contributed by atoms with van der Waals surface area (Å²) < 4.78 is 7.89. The van der Waals surface area contributed by atoms with E-state index in [0.29, 0.717) is 23.7 Å². The van der Waals surface area contributed by atoms with Gasteiger partial charge in [-0.25, -0.2) is 4.68 Å². The van der Waals surface area contributed by atoms with Crippen molar-refractivity contribution in [3.05, 3.63) is 76.4 Å². The molecule has 6 nitrogen and oxygen atoms in total. The number of carbonyl (C=O) groups is 1. The molecule has 3 aromatic rings. The lowest BCUT2D eigenvalue weighted by atomic mass is 10.0. The molecule has 7 heteroatoms. The fourth-order valence-corrected chi connectivity index (χ4v) is 4.75.